The second-order valence-electron chi connectivity index (χ2n) is 3.75. The highest BCUT2D eigenvalue weighted by Gasteiger charge is 2.10. The molecular formula is C15H20O2. The highest BCUT2D eigenvalue weighted by molar-refractivity contribution is 5.28. The Hall–Kier alpha value is -1.54. The molecule has 0 aliphatic carbocycles. The average Bonchev–Trinajstić information content (AvgIpc) is 2.39. The highest BCUT2D eigenvalue weighted by atomic mass is 16.5. The van der Waals surface area contributed by atoms with Crippen LogP contribution in [-0.2, 0) is 4.74 Å². The van der Waals surface area contributed by atoms with Crippen molar-refractivity contribution in [2.24, 2.45) is 0 Å². The molecule has 0 aliphatic rings. The number of methoxy groups -OCH3 is 1. The summed E-state index contributed by atoms with van der Waals surface area (Å²) < 4.78 is 10.9. The van der Waals surface area contributed by atoms with Gasteiger partial charge in [-0.15, -0.1) is 13.2 Å². The molecule has 0 saturated carbocycles. The van der Waals surface area contributed by atoms with Crippen molar-refractivity contribution in [3.63, 3.8) is 0 Å². The van der Waals surface area contributed by atoms with Crippen molar-refractivity contribution in [2.75, 3.05) is 13.7 Å². The van der Waals surface area contributed by atoms with Crippen molar-refractivity contribution in [2.45, 2.75) is 18.9 Å². The van der Waals surface area contributed by atoms with E-state index in [4.69, 9.17) is 9.47 Å². The lowest BCUT2D eigenvalue weighted by Crippen LogP contribution is -2.04. The van der Waals surface area contributed by atoms with Gasteiger partial charge in [0.1, 0.15) is 5.75 Å². The minimum Gasteiger partial charge on any atom is -0.497 e. The lowest BCUT2D eigenvalue weighted by molar-refractivity contribution is 0.0683. The third kappa shape index (κ3) is 4.45. The normalized spacial score (nSPS) is 11.8. The van der Waals surface area contributed by atoms with Gasteiger partial charge in [0, 0.05) is 0 Å². The number of ether oxygens (including phenoxy) is 2. The van der Waals surface area contributed by atoms with Crippen molar-refractivity contribution >= 4 is 0 Å². The van der Waals surface area contributed by atoms with Crippen LogP contribution in [0.25, 0.3) is 0 Å². The van der Waals surface area contributed by atoms with Crippen molar-refractivity contribution in [3.8, 4) is 5.75 Å². The molecule has 0 aromatic heterocycles. The molecule has 0 radical (unpaired) electrons. The molecule has 0 N–H and O–H groups in total. The van der Waals surface area contributed by atoms with E-state index in [0.29, 0.717) is 6.61 Å². The summed E-state index contributed by atoms with van der Waals surface area (Å²) in [4.78, 5) is 0. The van der Waals surface area contributed by atoms with E-state index in [1.807, 2.05) is 30.3 Å². The van der Waals surface area contributed by atoms with Crippen LogP contribution in [-0.4, -0.2) is 13.7 Å². The minimum atomic E-state index is 0.0944. The molecule has 1 unspecified atom stereocenters. The first kappa shape index (κ1) is 13.5. The van der Waals surface area contributed by atoms with Gasteiger partial charge in [0.15, 0.2) is 0 Å². The standard InChI is InChI=1S/C15H20O2/c1-4-6-7-15(17-12-5-2)13-8-10-14(16-3)11-9-13/h4-5,8-11,15H,1-2,6-7,12H2,3H3. The summed E-state index contributed by atoms with van der Waals surface area (Å²) in [5, 5.41) is 0. The number of allylic oxidation sites excluding steroid dienone is 1. The van der Waals surface area contributed by atoms with E-state index in [0.717, 1.165) is 24.2 Å². The number of benzene rings is 1. The lowest BCUT2D eigenvalue weighted by atomic mass is 10.0. The quantitative estimate of drug-likeness (QED) is 0.633. The van der Waals surface area contributed by atoms with E-state index in [9.17, 15) is 0 Å². The Morgan fingerprint density at radius 1 is 1.18 bits per heavy atom. The van der Waals surface area contributed by atoms with Crippen molar-refractivity contribution in [3.05, 3.63) is 55.1 Å². The molecule has 2 heteroatoms. The van der Waals surface area contributed by atoms with Crippen LogP contribution >= 0.6 is 0 Å². The maximum atomic E-state index is 5.75. The summed E-state index contributed by atoms with van der Waals surface area (Å²) in [6.07, 6.45) is 5.65. The Morgan fingerprint density at radius 3 is 2.41 bits per heavy atom. The second-order valence-corrected chi connectivity index (χ2v) is 3.75. The Balaban J connectivity index is 2.71. The molecule has 0 saturated heterocycles. The van der Waals surface area contributed by atoms with Crippen LogP contribution in [0.15, 0.2) is 49.6 Å². The summed E-state index contributed by atoms with van der Waals surface area (Å²) in [5.74, 6) is 0.861. The van der Waals surface area contributed by atoms with Crippen LogP contribution in [0.4, 0.5) is 0 Å². The van der Waals surface area contributed by atoms with Crippen LogP contribution in [0.3, 0.4) is 0 Å². The van der Waals surface area contributed by atoms with Crippen LogP contribution in [0.2, 0.25) is 0 Å². The van der Waals surface area contributed by atoms with Crippen LogP contribution in [0, 0.1) is 0 Å². The summed E-state index contributed by atoms with van der Waals surface area (Å²) in [7, 11) is 1.67. The predicted molar refractivity (Wildman–Crippen MR) is 71.3 cm³/mol. The fraction of sp³-hybridized carbons (Fsp3) is 0.333. The Morgan fingerprint density at radius 2 is 1.88 bits per heavy atom. The molecule has 1 aromatic carbocycles. The highest BCUT2D eigenvalue weighted by Crippen LogP contribution is 2.25. The third-order valence-corrected chi connectivity index (χ3v) is 2.54. The molecule has 0 spiro atoms. The van der Waals surface area contributed by atoms with Gasteiger partial charge in [0.25, 0.3) is 0 Å². The molecule has 2 nitrogen and oxygen atoms in total. The molecule has 1 atom stereocenters. The monoisotopic (exact) mass is 232 g/mol. The van der Waals surface area contributed by atoms with E-state index < -0.39 is 0 Å². The van der Waals surface area contributed by atoms with Crippen LogP contribution < -0.4 is 4.74 Å². The second kappa shape index (κ2) is 7.69. The van der Waals surface area contributed by atoms with Gasteiger partial charge in [-0.3, -0.25) is 0 Å². The molecule has 0 bridgehead atoms. The molecule has 1 aromatic rings. The van der Waals surface area contributed by atoms with Gasteiger partial charge in [-0.25, -0.2) is 0 Å². The summed E-state index contributed by atoms with van der Waals surface area (Å²) in [5.41, 5.74) is 1.16. The largest absolute Gasteiger partial charge is 0.497 e. The lowest BCUT2D eigenvalue weighted by Gasteiger charge is -2.17. The van der Waals surface area contributed by atoms with Gasteiger partial charge in [-0.05, 0) is 30.5 Å². The van der Waals surface area contributed by atoms with E-state index in [1.165, 1.54) is 0 Å². The third-order valence-electron chi connectivity index (χ3n) is 2.54. The van der Waals surface area contributed by atoms with Crippen LogP contribution in [0.5, 0.6) is 5.75 Å². The maximum Gasteiger partial charge on any atom is 0.118 e. The molecule has 0 aliphatic heterocycles. The Labute approximate surface area is 104 Å². The summed E-state index contributed by atoms with van der Waals surface area (Å²) in [6, 6.07) is 7.98. The SMILES string of the molecule is C=CCCC(OCC=C)c1ccc(OC)cc1. The van der Waals surface area contributed by atoms with Crippen molar-refractivity contribution < 1.29 is 9.47 Å². The fourth-order valence-electron chi connectivity index (χ4n) is 1.62. The Kier molecular flexibility index (Phi) is 6.12. The molecule has 0 amide bonds. The van der Waals surface area contributed by atoms with Gasteiger partial charge in [0.2, 0.25) is 0 Å². The topological polar surface area (TPSA) is 18.5 Å². The predicted octanol–water partition coefficient (Wildman–Crippen LogP) is 3.91. The molecule has 0 heterocycles. The van der Waals surface area contributed by atoms with E-state index in [2.05, 4.69) is 13.2 Å². The van der Waals surface area contributed by atoms with Crippen molar-refractivity contribution in [1.82, 2.24) is 0 Å². The first-order valence-electron chi connectivity index (χ1n) is 5.79. The maximum absolute atomic E-state index is 5.75. The zero-order valence-electron chi connectivity index (χ0n) is 10.4. The van der Waals surface area contributed by atoms with E-state index >= 15 is 0 Å². The van der Waals surface area contributed by atoms with Crippen molar-refractivity contribution in [1.29, 1.82) is 0 Å². The fourth-order valence-corrected chi connectivity index (χ4v) is 1.62. The molecule has 0 fully saturated rings. The number of hydrogen-bond donors (Lipinski definition) is 0. The van der Waals surface area contributed by atoms with E-state index in [1.54, 1.807) is 13.2 Å². The van der Waals surface area contributed by atoms with Gasteiger partial charge >= 0.3 is 0 Å². The van der Waals surface area contributed by atoms with Gasteiger partial charge in [0.05, 0.1) is 19.8 Å². The first-order chi connectivity index (χ1) is 8.31. The smallest absolute Gasteiger partial charge is 0.118 e. The Bertz CT molecular complexity index is 328. The van der Waals surface area contributed by atoms with Gasteiger partial charge < -0.3 is 9.47 Å². The zero-order chi connectivity index (χ0) is 12.5. The van der Waals surface area contributed by atoms with Gasteiger partial charge in [-0.2, -0.15) is 0 Å². The molecular weight excluding hydrogens is 212 g/mol. The summed E-state index contributed by atoms with van der Waals surface area (Å²) >= 11 is 0. The van der Waals surface area contributed by atoms with Gasteiger partial charge in [-0.1, -0.05) is 24.3 Å². The van der Waals surface area contributed by atoms with Crippen LogP contribution in [0.1, 0.15) is 24.5 Å². The molecule has 92 valence electrons. The summed E-state index contributed by atoms with van der Waals surface area (Å²) in [6.45, 7) is 7.97. The average molecular weight is 232 g/mol. The van der Waals surface area contributed by atoms with E-state index in [-0.39, 0.29) is 6.10 Å². The zero-order valence-corrected chi connectivity index (χ0v) is 10.4. The minimum absolute atomic E-state index is 0.0944. The molecule has 1 rings (SSSR count). The number of rotatable bonds is 8. The first-order valence-corrected chi connectivity index (χ1v) is 5.79. The molecule has 17 heavy (non-hydrogen) atoms. The number of hydrogen-bond acceptors (Lipinski definition) is 2.